The zero-order valence-corrected chi connectivity index (χ0v) is 11.5. The Kier molecular flexibility index (Phi) is 4.05. The SMILES string of the molecule is Cc1ncsc1C(O)Cc1ccc(Cl)c(Cl)c1. The van der Waals surface area contributed by atoms with Gasteiger partial charge >= 0.3 is 0 Å². The van der Waals surface area contributed by atoms with Crippen LogP contribution < -0.4 is 0 Å². The zero-order valence-electron chi connectivity index (χ0n) is 9.15. The molecule has 0 fully saturated rings. The first-order valence-electron chi connectivity index (χ1n) is 5.10. The van der Waals surface area contributed by atoms with Gasteiger partial charge in [-0.2, -0.15) is 0 Å². The summed E-state index contributed by atoms with van der Waals surface area (Å²) in [4.78, 5) is 5.02. The van der Waals surface area contributed by atoms with E-state index in [4.69, 9.17) is 23.2 Å². The minimum Gasteiger partial charge on any atom is -0.387 e. The molecule has 1 unspecified atom stereocenters. The number of halogens is 2. The Morgan fingerprint density at radius 3 is 2.71 bits per heavy atom. The van der Waals surface area contributed by atoms with E-state index in [0.717, 1.165) is 16.1 Å². The average molecular weight is 288 g/mol. The van der Waals surface area contributed by atoms with Crippen LogP contribution >= 0.6 is 34.5 Å². The highest BCUT2D eigenvalue weighted by molar-refractivity contribution is 7.09. The highest BCUT2D eigenvalue weighted by atomic mass is 35.5. The molecule has 0 radical (unpaired) electrons. The molecule has 90 valence electrons. The maximum Gasteiger partial charge on any atom is 0.0940 e. The molecule has 1 aromatic heterocycles. The Balaban J connectivity index is 2.16. The first-order valence-corrected chi connectivity index (χ1v) is 6.73. The van der Waals surface area contributed by atoms with Crippen molar-refractivity contribution >= 4 is 34.5 Å². The van der Waals surface area contributed by atoms with E-state index >= 15 is 0 Å². The first-order chi connectivity index (χ1) is 8.08. The van der Waals surface area contributed by atoms with Crippen molar-refractivity contribution in [3.8, 4) is 0 Å². The Morgan fingerprint density at radius 1 is 1.35 bits per heavy atom. The number of benzene rings is 1. The quantitative estimate of drug-likeness (QED) is 0.924. The van der Waals surface area contributed by atoms with Gasteiger partial charge in [-0.1, -0.05) is 29.3 Å². The monoisotopic (exact) mass is 287 g/mol. The first kappa shape index (κ1) is 12.8. The number of thiazole rings is 1. The summed E-state index contributed by atoms with van der Waals surface area (Å²) in [7, 11) is 0. The van der Waals surface area contributed by atoms with Crippen LogP contribution in [0.15, 0.2) is 23.7 Å². The van der Waals surface area contributed by atoms with E-state index < -0.39 is 6.10 Å². The molecule has 0 saturated heterocycles. The van der Waals surface area contributed by atoms with Gasteiger partial charge in [0.25, 0.3) is 0 Å². The molecule has 0 aliphatic rings. The van der Waals surface area contributed by atoms with E-state index in [1.807, 2.05) is 13.0 Å². The van der Waals surface area contributed by atoms with Crippen molar-refractivity contribution in [2.24, 2.45) is 0 Å². The summed E-state index contributed by atoms with van der Waals surface area (Å²) in [5.74, 6) is 0. The van der Waals surface area contributed by atoms with Crippen LogP contribution in [0.3, 0.4) is 0 Å². The van der Waals surface area contributed by atoms with Gasteiger partial charge in [0.05, 0.1) is 32.2 Å². The third kappa shape index (κ3) is 2.99. The van der Waals surface area contributed by atoms with Crippen molar-refractivity contribution in [2.45, 2.75) is 19.4 Å². The number of aliphatic hydroxyl groups is 1. The summed E-state index contributed by atoms with van der Waals surface area (Å²) in [6.45, 7) is 1.89. The number of rotatable bonds is 3. The lowest BCUT2D eigenvalue weighted by atomic mass is 10.1. The Hall–Kier alpha value is -0.610. The molecule has 1 heterocycles. The standard InChI is InChI=1S/C12H11Cl2NOS/c1-7-12(17-6-15-7)11(16)5-8-2-3-9(13)10(14)4-8/h2-4,6,11,16H,5H2,1H3. The number of aromatic nitrogens is 1. The smallest absolute Gasteiger partial charge is 0.0940 e. The van der Waals surface area contributed by atoms with E-state index in [0.29, 0.717) is 16.5 Å². The van der Waals surface area contributed by atoms with Gasteiger partial charge in [-0.3, -0.25) is 0 Å². The molecule has 2 rings (SSSR count). The fourth-order valence-corrected chi connectivity index (χ4v) is 2.72. The third-order valence-electron chi connectivity index (χ3n) is 2.50. The maximum absolute atomic E-state index is 10.1. The van der Waals surface area contributed by atoms with Crippen LogP contribution in [0.25, 0.3) is 0 Å². The fourth-order valence-electron chi connectivity index (χ4n) is 1.61. The molecule has 17 heavy (non-hydrogen) atoms. The molecule has 0 aliphatic carbocycles. The van der Waals surface area contributed by atoms with Crippen molar-refractivity contribution in [3.05, 3.63) is 49.9 Å². The summed E-state index contributed by atoms with van der Waals surface area (Å²) in [5, 5.41) is 11.1. The third-order valence-corrected chi connectivity index (χ3v) is 4.27. The number of nitrogens with zero attached hydrogens (tertiary/aromatic N) is 1. The van der Waals surface area contributed by atoms with Crippen molar-refractivity contribution in [3.63, 3.8) is 0 Å². The van der Waals surface area contributed by atoms with Crippen LogP contribution in [-0.2, 0) is 6.42 Å². The highest BCUT2D eigenvalue weighted by Gasteiger charge is 2.14. The van der Waals surface area contributed by atoms with Crippen LogP contribution in [-0.4, -0.2) is 10.1 Å². The normalized spacial score (nSPS) is 12.7. The van der Waals surface area contributed by atoms with Gasteiger partial charge in [-0.05, 0) is 24.6 Å². The molecule has 1 atom stereocenters. The minimum atomic E-state index is -0.542. The molecule has 0 saturated carbocycles. The molecule has 1 N–H and O–H groups in total. The lowest BCUT2D eigenvalue weighted by molar-refractivity contribution is 0.181. The lowest BCUT2D eigenvalue weighted by Gasteiger charge is -2.10. The van der Waals surface area contributed by atoms with E-state index in [1.54, 1.807) is 17.6 Å². The number of hydrogen-bond acceptors (Lipinski definition) is 3. The highest BCUT2D eigenvalue weighted by Crippen LogP contribution is 2.28. The molecule has 0 spiro atoms. The largest absolute Gasteiger partial charge is 0.387 e. The van der Waals surface area contributed by atoms with Gasteiger partial charge in [0.2, 0.25) is 0 Å². The number of hydrogen-bond donors (Lipinski definition) is 1. The van der Waals surface area contributed by atoms with Gasteiger partial charge < -0.3 is 5.11 Å². The van der Waals surface area contributed by atoms with Crippen LogP contribution in [0.2, 0.25) is 10.0 Å². The van der Waals surface area contributed by atoms with Crippen molar-refractivity contribution < 1.29 is 5.11 Å². The second-order valence-electron chi connectivity index (χ2n) is 3.77. The maximum atomic E-state index is 10.1. The molecular formula is C12H11Cl2NOS. The van der Waals surface area contributed by atoms with Crippen LogP contribution in [0.5, 0.6) is 0 Å². The van der Waals surface area contributed by atoms with Crippen LogP contribution in [0, 0.1) is 6.92 Å². The van der Waals surface area contributed by atoms with Crippen LogP contribution in [0.4, 0.5) is 0 Å². The summed E-state index contributed by atoms with van der Waals surface area (Å²) in [5.41, 5.74) is 3.57. The number of aliphatic hydroxyl groups excluding tert-OH is 1. The molecule has 2 aromatic rings. The van der Waals surface area contributed by atoms with Gasteiger partial charge in [0, 0.05) is 6.42 Å². The topological polar surface area (TPSA) is 33.1 Å². The molecule has 1 aromatic carbocycles. The molecule has 5 heteroatoms. The minimum absolute atomic E-state index is 0.511. The summed E-state index contributed by atoms with van der Waals surface area (Å²) >= 11 is 13.2. The second-order valence-corrected chi connectivity index (χ2v) is 5.47. The Labute approximate surface area is 114 Å². The van der Waals surface area contributed by atoms with E-state index in [9.17, 15) is 5.11 Å². The van der Waals surface area contributed by atoms with E-state index in [-0.39, 0.29) is 0 Å². The second kappa shape index (κ2) is 5.36. The summed E-state index contributed by atoms with van der Waals surface area (Å²) in [6.07, 6.45) is -0.0281. The Morgan fingerprint density at radius 2 is 2.12 bits per heavy atom. The van der Waals surface area contributed by atoms with Gasteiger partial charge in [0.1, 0.15) is 0 Å². The summed E-state index contributed by atoms with van der Waals surface area (Å²) < 4.78 is 0. The van der Waals surface area contributed by atoms with Crippen molar-refractivity contribution in [1.82, 2.24) is 4.98 Å². The zero-order chi connectivity index (χ0) is 12.4. The van der Waals surface area contributed by atoms with Gasteiger partial charge in [-0.15, -0.1) is 11.3 Å². The number of aryl methyl sites for hydroxylation is 1. The van der Waals surface area contributed by atoms with Crippen molar-refractivity contribution in [2.75, 3.05) is 0 Å². The van der Waals surface area contributed by atoms with Crippen LogP contribution in [0.1, 0.15) is 22.2 Å². The molecular weight excluding hydrogens is 277 g/mol. The molecule has 0 amide bonds. The van der Waals surface area contributed by atoms with Crippen molar-refractivity contribution in [1.29, 1.82) is 0 Å². The molecule has 0 bridgehead atoms. The predicted molar refractivity (Wildman–Crippen MR) is 72.0 cm³/mol. The van der Waals surface area contributed by atoms with Gasteiger partial charge in [0.15, 0.2) is 0 Å². The van der Waals surface area contributed by atoms with E-state index in [1.165, 1.54) is 11.3 Å². The molecule has 0 aliphatic heterocycles. The fraction of sp³-hybridized carbons (Fsp3) is 0.250. The predicted octanol–water partition coefficient (Wildman–Crippen LogP) is 4.03. The molecule has 2 nitrogen and oxygen atoms in total. The lowest BCUT2D eigenvalue weighted by Crippen LogP contribution is -2.01. The Bertz CT molecular complexity index is 527. The van der Waals surface area contributed by atoms with Gasteiger partial charge in [-0.25, -0.2) is 4.98 Å². The summed E-state index contributed by atoms with van der Waals surface area (Å²) in [6, 6.07) is 5.39. The average Bonchev–Trinajstić information content (AvgIpc) is 2.70. The van der Waals surface area contributed by atoms with E-state index in [2.05, 4.69) is 4.98 Å².